The zero-order valence-electron chi connectivity index (χ0n) is 9.99. The summed E-state index contributed by atoms with van der Waals surface area (Å²) in [6.07, 6.45) is 5.40. The van der Waals surface area contributed by atoms with E-state index in [0.717, 1.165) is 11.3 Å². The first-order valence-electron chi connectivity index (χ1n) is 5.15. The standard InChI is InChI=1S/C14H15NO2/c1-5-13(15-14(16)10(2)3)11-6-8-12(17-4)9-7-11/h1,6-9,13H,2H2,3-4H3,(H,15,16)/t13-/m0/s1. The Labute approximate surface area is 101 Å². The highest BCUT2D eigenvalue weighted by molar-refractivity contribution is 5.92. The third-order valence-corrected chi connectivity index (χ3v) is 2.28. The largest absolute Gasteiger partial charge is 0.497 e. The Hall–Kier alpha value is -2.21. The average molecular weight is 229 g/mol. The highest BCUT2D eigenvalue weighted by Crippen LogP contribution is 2.17. The molecule has 1 amide bonds. The highest BCUT2D eigenvalue weighted by atomic mass is 16.5. The minimum absolute atomic E-state index is 0.247. The number of hydrogen-bond acceptors (Lipinski definition) is 2. The van der Waals surface area contributed by atoms with Crippen molar-refractivity contribution in [2.45, 2.75) is 13.0 Å². The molecule has 0 saturated heterocycles. The number of amides is 1. The molecule has 0 fully saturated rings. The van der Waals surface area contributed by atoms with E-state index < -0.39 is 6.04 Å². The molecular weight excluding hydrogens is 214 g/mol. The summed E-state index contributed by atoms with van der Waals surface area (Å²) in [4.78, 5) is 11.5. The van der Waals surface area contributed by atoms with Crippen LogP contribution < -0.4 is 10.1 Å². The molecule has 0 spiro atoms. The predicted octanol–water partition coefficient (Wildman–Crippen LogP) is 2.06. The van der Waals surface area contributed by atoms with Crippen molar-refractivity contribution >= 4 is 5.91 Å². The van der Waals surface area contributed by atoms with Crippen LogP contribution >= 0.6 is 0 Å². The van der Waals surface area contributed by atoms with Gasteiger partial charge in [0, 0.05) is 5.57 Å². The SMILES string of the molecule is C#C[C@H](NC(=O)C(=C)C)c1ccc(OC)cc1. The molecule has 17 heavy (non-hydrogen) atoms. The lowest BCUT2D eigenvalue weighted by molar-refractivity contribution is -0.117. The quantitative estimate of drug-likeness (QED) is 0.634. The summed E-state index contributed by atoms with van der Waals surface area (Å²) >= 11 is 0. The van der Waals surface area contributed by atoms with Crippen molar-refractivity contribution in [3.8, 4) is 18.1 Å². The molecule has 0 aromatic heterocycles. The summed E-state index contributed by atoms with van der Waals surface area (Å²) in [6, 6.07) is 6.79. The number of carbonyl (C=O) groups excluding carboxylic acids is 1. The van der Waals surface area contributed by atoms with E-state index in [1.54, 1.807) is 26.2 Å². The van der Waals surface area contributed by atoms with Gasteiger partial charge in [-0.2, -0.15) is 0 Å². The van der Waals surface area contributed by atoms with E-state index in [0.29, 0.717) is 5.57 Å². The van der Waals surface area contributed by atoms with Gasteiger partial charge in [0.2, 0.25) is 5.91 Å². The van der Waals surface area contributed by atoms with Crippen molar-refractivity contribution in [2.24, 2.45) is 0 Å². The maximum Gasteiger partial charge on any atom is 0.247 e. The van der Waals surface area contributed by atoms with Gasteiger partial charge in [-0.15, -0.1) is 6.42 Å². The lowest BCUT2D eigenvalue weighted by Gasteiger charge is -2.13. The first kappa shape index (κ1) is 12.9. The Morgan fingerprint density at radius 2 is 2.06 bits per heavy atom. The van der Waals surface area contributed by atoms with Gasteiger partial charge in [0.1, 0.15) is 11.8 Å². The first-order valence-corrected chi connectivity index (χ1v) is 5.15. The monoisotopic (exact) mass is 229 g/mol. The molecule has 0 aliphatic heterocycles. The summed E-state index contributed by atoms with van der Waals surface area (Å²) in [7, 11) is 1.59. The summed E-state index contributed by atoms with van der Waals surface area (Å²) in [5.41, 5.74) is 1.27. The second-order valence-corrected chi connectivity index (χ2v) is 3.63. The third-order valence-electron chi connectivity index (χ3n) is 2.28. The molecule has 0 radical (unpaired) electrons. The number of nitrogens with one attached hydrogen (secondary N) is 1. The van der Waals surface area contributed by atoms with Crippen LogP contribution in [0.4, 0.5) is 0 Å². The number of carbonyl (C=O) groups is 1. The number of benzene rings is 1. The predicted molar refractivity (Wildman–Crippen MR) is 67.5 cm³/mol. The summed E-state index contributed by atoms with van der Waals surface area (Å²) in [5, 5.41) is 2.70. The summed E-state index contributed by atoms with van der Waals surface area (Å²) < 4.78 is 5.05. The molecule has 0 saturated carbocycles. The third kappa shape index (κ3) is 3.39. The number of ether oxygens (including phenoxy) is 1. The number of terminal acetylenes is 1. The lowest BCUT2D eigenvalue weighted by Crippen LogP contribution is -2.27. The van der Waals surface area contributed by atoms with Crippen LogP contribution in [0, 0.1) is 12.3 Å². The molecule has 0 heterocycles. The molecule has 3 nitrogen and oxygen atoms in total. The van der Waals surface area contributed by atoms with E-state index in [1.165, 1.54) is 0 Å². The second kappa shape index (κ2) is 5.76. The normalized spacial score (nSPS) is 11.1. The van der Waals surface area contributed by atoms with Gasteiger partial charge in [-0.05, 0) is 24.6 Å². The van der Waals surface area contributed by atoms with Crippen LogP contribution in [-0.2, 0) is 4.79 Å². The number of hydrogen-bond donors (Lipinski definition) is 1. The molecule has 88 valence electrons. The Kier molecular flexibility index (Phi) is 4.36. The van der Waals surface area contributed by atoms with Gasteiger partial charge >= 0.3 is 0 Å². The van der Waals surface area contributed by atoms with Gasteiger partial charge in [0.25, 0.3) is 0 Å². The van der Waals surface area contributed by atoms with Crippen molar-refractivity contribution in [1.29, 1.82) is 0 Å². The molecule has 0 bridgehead atoms. The number of methoxy groups -OCH3 is 1. The molecule has 1 aromatic rings. The van der Waals surface area contributed by atoms with Gasteiger partial charge in [-0.1, -0.05) is 24.6 Å². The van der Waals surface area contributed by atoms with E-state index in [9.17, 15) is 4.79 Å². The zero-order valence-corrected chi connectivity index (χ0v) is 9.99. The smallest absolute Gasteiger partial charge is 0.247 e. The Bertz CT molecular complexity index is 454. The van der Waals surface area contributed by atoms with E-state index in [-0.39, 0.29) is 5.91 Å². The van der Waals surface area contributed by atoms with Crippen molar-refractivity contribution in [1.82, 2.24) is 5.32 Å². The van der Waals surface area contributed by atoms with Crippen LogP contribution in [0.2, 0.25) is 0 Å². The molecule has 0 unspecified atom stereocenters. The lowest BCUT2D eigenvalue weighted by atomic mass is 10.1. The molecule has 1 rings (SSSR count). The summed E-state index contributed by atoms with van der Waals surface area (Å²) in [6.45, 7) is 5.20. The van der Waals surface area contributed by atoms with E-state index in [2.05, 4.69) is 17.8 Å². The molecule has 3 heteroatoms. The van der Waals surface area contributed by atoms with Crippen LogP contribution in [0.5, 0.6) is 5.75 Å². The van der Waals surface area contributed by atoms with Crippen molar-refractivity contribution in [2.75, 3.05) is 7.11 Å². The van der Waals surface area contributed by atoms with Crippen LogP contribution in [0.25, 0.3) is 0 Å². The topological polar surface area (TPSA) is 38.3 Å². The highest BCUT2D eigenvalue weighted by Gasteiger charge is 2.11. The van der Waals surface area contributed by atoms with Crippen LogP contribution in [0.3, 0.4) is 0 Å². The van der Waals surface area contributed by atoms with Crippen molar-refractivity contribution in [3.63, 3.8) is 0 Å². The number of rotatable bonds is 4. The van der Waals surface area contributed by atoms with Crippen molar-refractivity contribution < 1.29 is 9.53 Å². The van der Waals surface area contributed by atoms with Gasteiger partial charge in [-0.3, -0.25) is 4.79 Å². The molecule has 1 aromatic carbocycles. The minimum Gasteiger partial charge on any atom is -0.497 e. The molecule has 0 aliphatic rings. The van der Waals surface area contributed by atoms with Gasteiger partial charge in [0.15, 0.2) is 0 Å². The average Bonchev–Trinajstić information content (AvgIpc) is 2.35. The fourth-order valence-corrected chi connectivity index (χ4v) is 1.27. The van der Waals surface area contributed by atoms with Crippen LogP contribution in [0.1, 0.15) is 18.5 Å². The van der Waals surface area contributed by atoms with E-state index in [1.807, 2.05) is 12.1 Å². The molecule has 1 N–H and O–H groups in total. The van der Waals surface area contributed by atoms with Crippen LogP contribution in [0.15, 0.2) is 36.4 Å². The van der Waals surface area contributed by atoms with Gasteiger partial charge in [-0.25, -0.2) is 0 Å². The Morgan fingerprint density at radius 1 is 1.47 bits per heavy atom. The van der Waals surface area contributed by atoms with E-state index in [4.69, 9.17) is 11.2 Å². The molecular formula is C14H15NO2. The Balaban J connectivity index is 2.83. The Morgan fingerprint density at radius 3 is 2.47 bits per heavy atom. The second-order valence-electron chi connectivity index (χ2n) is 3.63. The summed E-state index contributed by atoms with van der Waals surface area (Å²) in [5.74, 6) is 3.03. The zero-order chi connectivity index (χ0) is 12.8. The molecule has 1 atom stereocenters. The van der Waals surface area contributed by atoms with Crippen molar-refractivity contribution in [3.05, 3.63) is 42.0 Å². The molecule has 0 aliphatic carbocycles. The van der Waals surface area contributed by atoms with Crippen LogP contribution in [-0.4, -0.2) is 13.0 Å². The fourth-order valence-electron chi connectivity index (χ4n) is 1.27. The van der Waals surface area contributed by atoms with Gasteiger partial charge in [0.05, 0.1) is 7.11 Å². The minimum atomic E-state index is -0.454. The maximum atomic E-state index is 11.5. The van der Waals surface area contributed by atoms with E-state index >= 15 is 0 Å². The fraction of sp³-hybridized carbons (Fsp3) is 0.214. The maximum absolute atomic E-state index is 11.5. The van der Waals surface area contributed by atoms with Gasteiger partial charge < -0.3 is 10.1 Å². The first-order chi connectivity index (χ1) is 8.08.